The molecule has 1 saturated carbocycles. The van der Waals surface area contributed by atoms with Crippen molar-refractivity contribution in [2.24, 2.45) is 0 Å². The zero-order chi connectivity index (χ0) is 14.1. The van der Waals surface area contributed by atoms with Gasteiger partial charge in [-0.1, -0.05) is 6.07 Å². The Kier molecular flexibility index (Phi) is 3.18. The van der Waals surface area contributed by atoms with Crippen LogP contribution in [0.1, 0.15) is 30.3 Å². The molecule has 2 aromatic rings. The van der Waals surface area contributed by atoms with Gasteiger partial charge in [0.05, 0.1) is 5.69 Å². The molecule has 0 bridgehead atoms. The monoisotopic (exact) mass is 270 g/mol. The first-order valence-corrected chi connectivity index (χ1v) is 6.91. The third-order valence-corrected chi connectivity index (χ3v) is 3.53. The van der Waals surface area contributed by atoms with Crippen LogP contribution in [-0.2, 0) is 0 Å². The fourth-order valence-electron chi connectivity index (χ4n) is 2.35. The van der Waals surface area contributed by atoms with E-state index < -0.39 is 0 Å². The van der Waals surface area contributed by atoms with E-state index in [0.717, 1.165) is 25.1 Å². The van der Waals surface area contributed by atoms with E-state index in [1.807, 2.05) is 36.1 Å². The van der Waals surface area contributed by atoms with Gasteiger partial charge in [0.2, 0.25) is 0 Å². The van der Waals surface area contributed by atoms with Crippen molar-refractivity contribution in [3.63, 3.8) is 0 Å². The highest BCUT2D eigenvalue weighted by Crippen LogP contribution is 2.27. The number of amides is 1. The van der Waals surface area contributed by atoms with Gasteiger partial charge in [0.15, 0.2) is 5.69 Å². The van der Waals surface area contributed by atoms with E-state index in [2.05, 4.69) is 5.10 Å². The standard InChI is InChI=1S/C15H18N4O/c1-2-18(12-6-7-12)15(20)14-8-9-19(17-14)13-5-3-4-11(16)10-13/h3-5,8-10,12H,2,6-7,16H2,1H3. The average molecular weight is 270 g/mol. The number of hydrogen-bond acceptors (Lipinski definition) is 3. The minimum atomic E-state index is 0.0117. The minimum Gasteiger partial charge on any atom is -0.399 e. The van der Waals surface area contributed by atoms with E-state index in [-0.39, 0.29) is 5.91 Å². The fourth-order valence-corrected chi connectivity index (χ4v) is 2.35. The Labute approximate surface area is 118 Å². The summed E-state index contributed by atoms with van der Waals surface area (Å²) in [6.07, 6.45) is 4.01. The van der Waals surface area contributed by atoms with Crippen molar-refractivity contribution < 1.29 is 4.79 Å². The Morgan fingerprint density at radius 2 is 2.25 bits per heavy atom. The summed E-state index contributed by atoms with van der Waals surface area (Å²) in [6.45, 7) is 2.74. The molecule has 0 aliphatic heterocycles. The van der Waals surface area contributed by atoms with Gasteiger partial charge in [-0.3, -0.25) is 4.79 Å². The molecule has 1 amide bonds. The van der Waals surface area contributed by atoms with Crippen LogP contribution in [0.3, 0.4) is 0 Å². The Morgan fingerprint density at radius 1 is 1.45 bits per heavy atom. The lowest BCUT2D eigenvalue weighted by molar-refractivity contribution is 0.0746. The lowest BCUT2D eigenvalue weighted by atomic mass is 10.3. The van der Waals surface area contributed by atoms with E-state index in [0.29, 0.717) is 17.4 Å². The van der Waals surface area contributed by atoms with E-state index in [9.17, 15) is 4.79 Å². The molecule has 0 radical (unpaired) electrons. The SMILES string of the molecule is CCN(C(=O)c1ccn(-c2cccc(N)c2)n1)C1CC1. The second-order valence-corrected chi connectivity index (χ2v) is 5.06. The number of anilines is 1. The van der Waals surface area contributed by atoms with Crippen molar-refractivity contribution in [2.75, 3.05) is 12.3 Å². The summed E-state index contributed by atoms with van der Waals surface area (Å²) in [5, 5.41) is 4.37. The van der Waals surface area contributed by atoms with Gasteiger partial charge in [-0.2, -0.15) is 5.10 Å². The molecule has 0 spiro atoms. The lowest BCUT2D eigenvalue weighted by Gasteiger charge is -2.18. The maximum Gasteiger partial charge on any atom is 0.274 e. The number of nitrogen functional groups attached to an aromatic ring is 1. The van der Waals surface area contributed by atoms with Crippen molar-refractivity contribution in [3.05, 3.63) is 42.2 Å². The van der Waals surface area contributed by atoms with Gasteiger partial charge in [0, 0.05) is 24.5 Å². The zero-order valence-corrected chi connectivity index (χ0v) is 11.5. The number of nitrogens with two attached hydrogens (primary N) is 1. The maximum atomic E-state index is 12.4. The molecule has 1 aliphatic rings. The molecule has 1 aromatic carbocycles. The molecular weight excluding hydrogens is 252 g/mol. The number of benzene rings is 1. The Morgan fingerprint density at radius 3 is 2.90 bits per heavy atom. The Hall–Kier alpha value is -2.30. The van der Waals surface area contributed by atoms with Crippen LogP contribution in [0.15, 0.2) is 36.5 Å². The molecule has 1 heterocycles. The van der Waals surface area contributed by atoms with Crippen LogP contribution in [0.2, 0.25) is 0 Å². The molecule has 2 N–H and O–H groups in total. The van der Waals surface area contributed by atoms with Gasteiger partial charge in [0.1, 0.15) is 0 Å². The van der Waals surface area contributed by atoms with Crippen molar-refractivity contribution >= 4 is 11.6 Å². The number of hydrogen-bond donors (Lipinski definition) is 1. The largest absolute Gasteiger partial charge is 0.399 e. The van der Waals surface area contributed by atoms with Crippen LogP contribution >= 0.6 is 0 Å². The first kappa shape index (κ1) is 12.7. The van der Waals surface area contributed by atoms with Gasteiger partial charge in [0.25, 0.3) is 5.91 Å². The van der Waals surface area contributed by atoms with E-state index in [1.165, 1.54) is 0 Å². The quantitative estimate of drug-likeness (QED) is 0.865. The highest BCUT2D eigenvalue weighted by Gasteiger charge is 2.32. The highest BCUT2D eigenvalue weighted by molar-refractivity contribution is 5.92. The minimum absolute atomic E-state index is 0.0117. The van der Waals surface area contributed by atoms with Gasteiger partial charge >= 0.3 is 0 Å². The number of rotatable bonds is 4. The van der Waals surface area contributed by atoms with Crippen LogP contribution < -0.4 is 5.73 Å². The molecule has 3 rings (SSSR count). The molecule has 5 heteroatoms. The third-order valence-electron chi connectivity index (χ3n) is 3.53. The summed E-state index contributed by atoms with van der Waals surface area (Å²) in [5.41, 5.74) is 7.79. The molecule has 5 nitrogen and oxygen atoms in total. The zero-order valence-electron chi connectivity index (χ0n) is 11.5. The van der Waals surface area contributed by atoms with E-state index >= 15 is 0 Å². The molecule has 1 aromatic heterocycles. The first-order valence-electron chi connectivity index (χ1n) is 6.91. The van der Waals surface area contributed by atoms with Crippen molar-refractivity contribution in [3.8, 4) is 5.69 Å². The molecule has 0 saturated heterocycles. The number of nitrogens with zero attached hydrogens (tertiary/aromatic N) is 3. The van der Waals surface area contributed by atoms with Gasteiger partial charge < -0.3 is 10.6 Å². The molecule has 104 valence electrons. The molecule has 1 fully saturated rings. The summed E-state index contributed by atoms with van der Waals surface area (Å²) >= 11 is 0. The predicted octanol–water partition coefficient (Wildman–Crippen LogP) is 2.08. The first-order chi connectivity index (χ1) is 9.69. The van der Waals surface area contributed by atoms with Crippen LogP contribution in [0.25, 0.3) is 5.69 Å². The summed E-state index contributed by atoms with van der Waals surface area (Å²) < 4.78 is 1.68. The smallest absolute Gasteiger partial charge is 0.274 e. The molecule has 1 aliphatic carbocycles. The maximum absolute atomic E-state index is 12.4. The van der Waals surface area contributed by atoms with Crippen molar-refractivity contribution in [2.45, 2.75) is 25.8 Å². The Balaban J connectivity index is 1.84. The van der Waals surface area contributed by atoms with Gasteiger partial charge in [-0.15, -0.1) is 0 Å². The number of carbonyl (C=O) groups is 1. The predicted molar refractivity (Wildman–Crippen MR) is 77.7 cm³/mol. The van der Waals surface area contributed by atoms with Crippen LogP contribution in [0.4, 0.5) is 5.69 Å². The number of aromatic nitrogens is 2. The summed E-state index contributed by atoms with van der Waals surface area (Å²) in [5.74, 6) is 0.0117. The van der Waals surface area contributed by atoms with E-state index in [4.69, 9.17) is 5.73 Å². The lowest BCUT2D eigenvalue weighted by Crippen LogP contribution is -2.33. The summed E-state index contributed by atoms with van der Waals surface area (Å²) in [6, 6.07) is 9.61. The molecule has 0 unspecified atom stereocenters. The molecular formula is C15H18N4O. The van der Waals surface area contributed by atoms with Gasteiger partial charge in [-0.25, -0.2) is 4.68 Å². The van der Waals surface area contributed by atoms with Crippen LogP contribution in [-0.4, -0.2) is 33.2 Å². The summed E-state index contributed by atoms with van der Waals surface area (Å²) in [4.78, 5) is 14.3. The highest BCUT2D eigenvalue weighted by atomic mass is 16.2. The van der Waals surface area contributed by atoms with Crippen LogP contribution in [0.5, 0.6) is 0 Å². The van der Waals surface area contributed by atoms with Crippen molar-refractivity contribution in [1.82, 2.24) is 14.7 Å². The topological polar surface area (TPSA) is 64.2 Å². The average Bonchev–Trinajstić information content (AvgIpc) is 3.15. The van der Waals surface area contributed by atoms with E-state index in [1.54, 1.807) is 16.9 Å². The normalized spacial score (nSPS) is 14.2. The molecule has 20 heavy (non-hydrogen) atoms. The fraction of sp³-hybridized carbons (Fsp3) is 0.333. The number of carbonyl (C=O) groups excluding carboxylic acids is 1. The Bertz CT molecular complexity index is 630. The third kappa shape index (κ3) is 2.39. The van der Waals surface area contributed by atoms with Crippen molar-refractivity contribution in [1.29, 1.82) is 0 Å². The molecule has 0 atom stereocenters. The van der Waals surface area contributed by atoms with Crippen LogP contribution in [0, 0.1) is 0 Å². The second kappa shape index (κ2) is 5.00. The second-order valence-electron chi connectivity index (χ2n) is 5.06. The van der Waals surface area contributed by atoms with Gasteiger partial charge in [-0.05, 0) is 44.0 Å². The summed E-state index contributed by atoms with van der Waals surface area (Å²) in [7, 11) is 0.